The second-order valence-electron chi connectivity index (χ2n) is 7.51. The number of nitrogens with one attached hydrogen (secondary N) is 1. The van der Waals surface area contributed by atoms with Gasteiger partial charge in [0.1, 0.15) is 5.67 Å². The average molecular weight is 267 g/mol. The van der Waals surface area contributed by atoms with E-state index in [1.165, 1.54) is 38.5 Å². The molecule has 4 aliphatic rings. The lowest BCUT2D eigenvalue weighted by Crippen LogP contribution is -2.53. The average Bonchev–Trinajstić information content (AvgIpc) is 2.97. The van der Waals surface area contributed by atoms with E-state index in [1.807, 2.05) is 0 Å². The Hall–Kier alpha value is -0.150. The van der Waals surface area contributed by atoms with Crippen LogP contribution in [0.15, 0.2) is 0 Å². The number of rotatable bonds is 1. The van der Waals surface area contributed by atoms with Gasteiger partial charge in [-0.25, -0.2) is 4.39 Å². The van der Waals surface area contributed by atoms with Gasteiger partial charge in [0.25, 0.3) is 0 Å². The molecule has 1 saturated carbocycles. The molecule has 3 saturated heterocycles. The second-order valence-corrected chi connectivity index (χ2v) is 7.51. The molecule has 3 heteroatoms. The van der Waals surface area contributed by atoms with Crippen LogP contribution < -0.4 is 5.32 Å². The first kappa shape index (κ1) is 12.6. The molecule has 3 aliphatic heterocycles. The molecule has 4 fully saturated rings. The van der Waals surface area contributed by atoms with Crippen molar-refractivity contribution in [2.45, 2.75) is 87.6 Å². The predicted molar refractivity (Wildman–Crippen MR) is 72.9 cm³/mol. The Labute approximate surface area is 115 Å². The van der Waals surface area contributed by atoms with Gasteiger partial charge in [-0.2, -0.15) is 0 Å². The van der Waals surface area contributed by atoms with Crippen LogP contribution in [0.1, 0.15) is 64.2 Å². The van der Waals surface area contributed by atoms with Crippen molar-refractivity contribution in [3.8, 4) is 0 Å². The number of halogens is 1. The fraction of sp³-hybridized carbons (Fsp3) is 1.00. The maximum Gasteiger partial charge on any atom is 0.117 e. The van der Waals surface area contributed by atoms with Gasteiger partial charge in [0.05, 0.1) is 5.60 Å². The zero-order valence-electron chi connectivity index (χ0n) is 11.8. The van der Waals surface area contributed by atoms with Gasteiger partial charge >= 0.3 is 0 Å². The van der Waals surface area contributed by atoms with Crippen LogP contribution >= 0.6 is 0 Å². The van der Waals surface area contributed by atoms with E-state index in [1.54, 1.807) is 0 Å². The fourth-order valence-electron chi connectivity index (χ4n) is 5.30. The number of hydrogen-bond donors (Lipinski definition) is 1. The van der Waals surface area contributed by atoms with Crippen LogP contribution in [-0.4, -0.2) is 30.0 Å². The Morgan fingerprint density at radius 1 is 0.947 bits per heavy atom. The second kappa shape index (κ2) is 4.42. The molecule has 2 nitrogen and oxygen atoms in total. The maximum absolute atomic E-state index is 15.5. The van der Waals surface area contributed by atoms with E-state index < -0.39 is 5.67 Å². The van der Waals surface area contributed by atoms with E-state index in [9.17, 15) is 0 Å². The van der Waals surface area contributed by atoms with Crippen LogP contribution in [0.5, 0.6) is 0 Å². The molecular formula is C16H26FNO. The third-order valence-corrected chi connectivity index (χ3v) is 6.25. The van der Waals surface area contributed by atoms with Crippen molar-refractivity contribution < 1.29 is 9.13 Å². The van der Waals surface area contributed by atoms with Gasteiger partial charge < -0.3 is 10.1 Å². The van der Waals surface area contributed by atoms with E-state index >= 15 is 4.39 Å². The zero-order valence-corrected chi connectivity index (χ0v) is 11.8. The molecular weight excluding hydrogens is 241 g/mol. The smallest absolute Gasteiger partial charge is 0.117 e. The van der Waals surface area contributed by atoms with Crippen molar-refractivity contribution in [3.63, 3.8) is 0 Å². The summed E-state index contributed by atoms with van der Waals surface area (Å²) in [6.45, 7) is 0.791. The molecule has 1 N–H and O–H groups in total. The van der Waals surface area contributed by atoms with Crippen molar-refractivity contribution in [1.82, 2.24) is 5.32 Å². The third kappa shape index (κ3) is 2.13. The van der Waals surface area contributed by atoms with Crippen molar-refractivity contribution in [2.24, 2.45) is 5.92 Å². The van der Waals surface area contributed by atoms with Crippen molar-refractivity contribution in [2.75, 3.05) is 6.61 Å². The van der Waals surface area contributed by atoms with E-state index in [-0.39, 0.29) is 11.5 Å². The van der Waals surface area contributed by atoms with Gasteiger partial charge in [0.15, 0.2) is 0 Å². The minimum absolute atomic E-state index is 0.0614. The molecule has 0 radical (unpaired) electrons. The summed E-state index contributed by atoms with van der Waals surface area (Å²) in [5.41, 5.74) is -0.845. The van der Waals surface area contributed by atoms with Gasteiger partial charge in [-0.05, 0) is 57.3 Å². The van der Waals surface area contributed by atoms with Crippen LogP contribution in [0.25, 0.3) is 0 Å². The molecule has 3 atom stereocenters. The highest BCUT2D eigenvalue weighted by molar-refractivity contribution is 5.06. The molecule has 0 aromatic rings. The molecule has 3 heterocycles. The summed E-state index contributed by atoms with van der Waals surface area (Å²) in [5, 5.41) is 3.57. The lowest BCUT2D eigenvalue weighted by molar-refractivity contribution is -0.129. The lowest BCUT2D eigenvalue weighted by Gasteiger charge is -2.47. The summed E-state index contributed by atoms with van der Waals surface area (Å²) in [7, 11) is 0. The van der Waals surface area contributed by atoms with E-state index in [0.717, 1.165) is 32.3 Å². The number of ether oxygens (including phenoxy) is 1. The summed E-state index contributed by atoms with van der Waals surface area (Å²) < 4.78 is 21.6. The molecule has 4 rings (SSSR count). The molecule has 1 spiro atoms. The Morgan fingerprint density at radius 3 is 2.32 bits per heavy atom. The predicted octanol–water partition coefficient (Wildman–Crippen LogP) is 3.35. The topological polar surface area (TPSA) is 21.3 Å². The van der Waals surface area contributed by atoms with Gasteiger partial charge in [-0.1, -0.05) is 12.8 Å². The number of fused-ring (bicyclic) bond motifs is 2. The SMILES string of the molecule is FC1(C2CCOC3(CCCC3)C2)CC2CCC(C1)N2. The molecule has 0 aromatic carbocycles. The quantitative estimate of drug-likeness (QED) is 0.786. The summed E-state index contributed by atoms with van der Waals surface area (Å²) in [5.74, 6) is 0.254. The van der Waals surface area contributed by atoms with Crippen LogP contribution in [0.4, 0.5) is 4.39 Å². The fourth-order valence-corrected chi connectivity index (χ4v) is 5.30. The molecule has 2 bridgehead atoms. The Kier molecular flexibility index (Phi) is 2.93. The Morgan fingerprint density at radius 2 is 1.63 bits per heavy atom. The van der Waals surface area contributed by atoms with Gasteiger partial charge in [-0.3, -0.25) is 0 Å². The number of hydrogen-bond acceptors (Lipinski definition) is 2. The summed E-state index contributed by atoms with van der Waals surface area (Å²) in [6.07, 6.45) is 10.7. The molecule has 1 aliphatic carbocycles. The lowest BCUT2D eigenvalue weighted by atomic mass is 9.71. The van der Waals surface area contributed by atoms with Crippen molar-refractivity contribution in [3.05, 3.63) is 0 Å². The van der Waals surface area contributed by atoms with Crippen LogP contribution in [-0.2, 0) is 4.74 Å². The van der Waals surface area contributed by atoms with Crippen LogP contribution in [0.3, 0.4) is 0 Å². The highest BCUT2D eigenvalue weighted by atomic mass is 19.1. The van der Waals surface area contributed by atoms with Crippen molar-refractivity contribution in [1.29, 1.82) is 0 Å². The maximum atomic E-state index is 15.5. The first-order valence-electron chi connectivity index (χ1n) is 8.27. The highest BCUT2D eigenvalue weighted by Crippen LogP contribution is 2.50. The monoisotopic (exact) mass is 267 g/mol. The van der Waals surface area contributed by atoms with Gasteiger partial charge in [-0.15, -0.1) is 0 Å². The van der Waals surface area contributed by atoms with E-state index in [0.29, 0.717) is 12.1 Å². The molecule has 0 aromatic heterocycles. The van der Waals surface area contributed by atoms with Crippen LogP contribution in [0.2, 0.25) is 0 Å². The Bertz CT molecular complexity index is 341. The normalized spacial score (nSPS) is 48.8. The third-order valence-electron chi connectivity index (χ3n) is 6.25. The summed E-state index contributed by atoms with van der Waals surface area (Å²) in [6, 6.07) is 0.900. The minimum Gasteiger partial charge on any atom is -0.375 e. The van der Waals surface area contributed by atoms with Crippen LogP contribution in [0, 0.1) is 5.92 Å². The molecule has 3 unspecified atom stereocenters. The van der Waals surface area contributed by atoms with E-state index in [4.69, 9.17) is 4.74 Å². The number of piperidine rings is 1. The largest absolute Gasteiger partial charge is 0.375 e. The van der Waals surface area contributed by atoms with Gasteiger partial charge in [0.2, 0.25) is 0 Å². The summed E-state index contributed by atoms with van der Waals surface area (Å²) >= 11 is 0. The zero-order chi connectivity index (χ0) is 12.9. The minimum atomic E-state index is -0.906. The van der Waals surface area contributed by atoms with Crippen molar-refractivity contribution >= 4 is 0 Å². The molecule has 108 valence electrons. The standard InChI is InChI=1S/C16H26FNO/c17-16(10-13-3-4-14(11-16)18-13)12-5-8-19-15(9-12)6-1-2-7-15/h12-14,18H,1-11H2. The van der Waals surface area contributed by atoms with E-state index in [2.05, 4.69) is 5.32 Å². The summed E-state index contributed by atoms with van der Waals surface area (Å²) in [4.78, 5) is 0. The molecule has 19 heavy (non-hydrogen) atoms. The highest BCUT2D eigenvalue weighted by Gasteiger charge is 2.52. The number of alkyl halides is 1. The first-order chi connectivity index (χ1) is 9.18. The Balaban J connectivity index is 1.51. The first-order valence-corrected chi connectivity index (χ1v) is 8.27. The molecule has 0 amide bonds. The van der Waals surface area contributed by atoms with Gasteiger partial charge in [0, 0.05) is 18.7 Å².